The zero-order chi connectivity index (χ0) is 33.7. The van der Waals surface area contributed by atoms with Crippen molar-refractivity contribution in [2.75, 3.05) is 39.4 Å². The van der Waals surface area contributed by atoms with Gasteiger partial charge in [0.1, 0.15) is 6.04 Å². The molecule has 2 aliphatic heterocycles. The average Bonchev–Trinajstić information content (AvgIpc) is 3.00. The Hall–Kier alpha value is -3.62. The number of morpholine rings is 1. The van der Waals surface area contributed by atoms with Gasteiger partial charge in [0.25, 0.3) is 11.8 Å². The van der Waals surface area contributed by atoms with Gasteiger partial charge in [-0.25, -0.2) is 0 Å². The van der Waals surface area contributed by atoms with Crippen LogP contribution in [0.5, 0.6) is 0 Å². The fraction of sp³-hybridized carbons (Fsp3) is 0.633. The molecule has 45 heavy (non-hydrogen) atoms. The number of nitrogens with one attached hydrogen (secondary N) is 2. The lowest BCUT2D eigenvalue weighted by molar-refractivity contribution is -0.270. The number of ether oxygens (including phenoxy) is 1. The summed E-state index contributed by atoms with van der Waals surface area (Å²) in [5.41, 5.74) is 0.655. The first-order valence-electron chi connectivity index (χ1n) is 14.8. The van der Waals surface area contributed by atoms with Crippen molar-refractivity contribution >= 4 is 29.4 Å². The van der Waals surface area contributed by atoms with Crippen LogP contribution in [0.2, 0.25) is 0 Å². The van der Waals surface area contributed by atoms with E-state index < -0.39 is 59.5 Å². The Kier molecular flexibility index (Phi) is 11.7. The van der Waals surface area contributed by atoms with Crippen molar-refractivity contribution in [2.45, 2.75) is 64.7 Å². The summed E-state index contributed by atoms with van der Waals surface area (Å²) in [6.45, 7) is 7.95. The molecule has 0 saturated carbocycles. The van der Waals surface area contributed by atoms with Crippen molar-refractivity contribution in [2.24, 2.45) is 17.8 Å². The largest absolute Gasteiger partial charge is 0.461 e. The van der Waals surface area contributed by atoms with Crippen LogP contribution < -0.4 is 10.6 Å². The molecule has 2 saturated heterocycles. The number of likely N-dealkylation sites (tertiary alicyclic amines) is 1. The SMILES string of the molecule is CC(C)C(NC(=O)C1CCN(C(=O)[C@@H](NC(=O)c2ccc(C(=O)N3CCOCC3)cc2)C(C)C)CC1)C(=O)C(F)(F)C(F)(F)F. The van der Waals surface area contributed by atoms with Gasteiger partial charge in [-0.15, -0.1) is 0 Å². The monoisotopic (exact) mass is 646 g/mol. The maximum absolute atomic E-state index is 13.7. The summed E-state index contributed by atoms with van der Waals surface area (Å²) < 4.78 is 71.0. The van der Waals surface area contributed by atoms with Crippen molar-refractivity contribution in [3.8, 4) is 0 Å². The Balaban J connectivity index is 1.58. The summed E-state index contributed by atoms with van der Waals surface area (Å²) in [7, 11) is 0. The predicted octanol–water partition coefficient (Wildman–Crippen LogP) is 3.06. The van der Waals surface area contributed by atoms with Crippen LogP contribution in [0.25, 0.3) is 0 Å². The van der Waals surface area contributed by atoms with Crippen molar-refractivity contribution in [1.82, 2.24) is 20.4 Å². The maximum Gasteiger partial charge on any atom is 0.461 e. The minimum atomic E-state index is -6.10. The van der Waals surface area contributed by atoms with Crippen LogP contribution in [0.15, 0.2) is 24.3 Å². The smallest absolute Gasteiger partial charge is 0.378 e. The normalized spacial score (nSPS) is 18.0. The van der Waals surface area contributed by atoms with Crippen LogP contribution in [0.1, 0.15) is 61.3 Å². The number of rotatable bonds is 10. The molecule has 2 fully saturated rings. The number of benzene rings is 1. The quantitative estimate of drug-likeness (QED) is 0.377. The molecular formula is C30H39F5N4O6. The van der Waals surface area contributed by atoms with E-state index in [0.717, 1.165) is 0 Å². The highest BCUT2D eigenvalue weighted by Crippen LogP contribution is 2.37. The number of carbonyl (C=O) groups excluding carboxylic acids is 5. The van der Waals surface area contributed by atoms with Crippen LogP contribution >= 0.6 is 0 Å². The van der Waals surface area contributed by atoms with Gasteiger partial charge in [0, 0.05) is 43.2 Å². The molecule has 10 nitrogen and oxygen atoms in total. The molecule has 0 aromatic heterocycles. The number of piperidine rings is 1. The third-order valence-electron chi connectivity index (χ3n) is 8.00. The lowest BCUT2D eigenvalue weighted by Gasteiger charge is -2.35. The number of carbonyl (C=O) groups is 5. The topological polar surface area (TPSA) is 125 Å². The van der Waals surface area contributed by atoms with Gasteiger partial charge in [0.05, 0.1) is 19.3 Å². The van der Waals surface area contributed by atoms with E-state index in [1.807, 2.05) is 0 Å². The van der Waals surface area contributed by atoms with Crippen molar-refractivity contribution in [1.29, 1.82) is 0 Å². The van der Waals surface area contributed by atoms with E-state index in [-0.39, 0.29) is 43.3 Å². The summed E-state index contributed by atoms with van der Waals surface area (Å²) in [5.74, 6) is -12.2. The molecule has 2 heterocycles. The van der Waals surface area contributed by atoms with Gasteiger partial charge < -0.3 is 25.2 Å². The third kappa shape index (κ3) is 8.56. The number of ketones is 1. The number of alkyl halides is 5. The number of amides is 4. The van der Waals surface area contributed by atoms with Crippen LogP contribution in [0, 0.1) is 17.8 Å². The molecule has 0 bridgehead atoms. The standard InChI is InChI=1S/C30H39F5N4O6/c1-17(2)22(24(40)29(31,32)30(33,34)35)36-26(42)20-9-11-38(12-10-20)28(44)23(18(3)4)37-25(41)19-5-7-21(8-6-19)27(43)39-13-15-45-16-14-39/h5-8,17-18,20,22-23H,9-16H2,1-4H3,(H,36,42)(H,37,41)/t22?,23-/m0/s1. The van der Waals surface area contributed by atoms with Gasteiger partial charge in [-0.1, -0.05) is 27.7 Å². The second kappa shape index (κ2) is 14.6. The minimum Gasteiger partial charge on any atom is -0.378 e. The Morgan fingerprint density at radius 2 is 1.27 bits per heavy atom. The lowest BCUT2D eigenvalue weighted by Crippen LogP contribution is -2.57. The van der Waals surface area contributed by atoms with Crippen molar-refractivity contribution in [3.05, 3.63) is 35.4 Å². The van der Waals surface area contributed by atoms with Crippen LogP contribution in [0.3, 0.4) is 0 Å². The van der Waals surface area contributed by atoms with E-state index in [0.29, 0.717) is 31.9 Å². The molecule has 250 valence electrons. The summed E-state index contributed by atoms with van der Waals surface area (Å²) in [5, 5.41) is 4.80. The molecule has 1 unspecified atom stereocenters. The third-order valence-corrected chi connectivity index (χ3v) is 8.00. The molecule has 0 radical (unpaired) electrons. The molecule has 4 amide bonds. The van der Waals surface area contributed by atoms with Gasteiger partial charge in [-0.2, -0.15) is 22.0 Å². The van der Waals surface area contributed by atoms with E-state index >= 15 is 0 Å². The first-order chi connectivity index (χ1) is 21.0. The highest BCUT2D eigenvalue weighted by molar-refractivity contribution is 6.00. The van der Waals surface area contributed by atoms with Crippen molar-refractivity contribution in [3.63, 3.8) is 0 Å². The minimum absolute atomic E-state index is 0.0629. The second-order valence-corrected chi connectivity index (χ2v) is 11.9. The summed E-state index contributed by atoms with van der Waals surface area (Å²) in [4.78, 5) is 67.0. The first-order valence-corrected chi connectivity index (χ1v) is 14.8. The zero-order valence-electron chi connectivity index (χ0n) is 25.6. The van der Waals surface area contributed by atoms with Crippen LogP contribution in [-0.4, -0.2) is 103 Å². The number of nitrogens with zero attached hydrogens (tertiary/aromatic N) is 2. The van der Waals surface area contributed by atoms with E-state index in [1.54, 1.807) is 18.7 Å². The molecule has 2 N–H and O–H groups in total. The molecule has 1 aromatic carbocycles. The Bertz CT molecular complexity index is 1240. The molecule has 0 spiro atoms. The van der Waals surface area contributed by atoms with Gasteiger partial charge >= 0.3 is 12.1 Å². The average molecular weight is 647 g/mol. The van der Waals surface area contributed by atoms with E-state index in [2.05, 4.69) is 10.6 Å². The second-order valence-electron chi connectivity index (χ2n) is 11.9. The molecule has 0 aliphatic carbocycles. The van der Waals surface area contributed by atoms with Gasteiger partial charge in [0.15, 0.2) is 0 Å². The number of hydrogen-bond donors (Lipinski definition) is 2. The number of halogens is 5. The van der Waals surface area contributed by atoms with E-state index in [9.17, 15) is 45.9 Å². The molecule has 15 heteroatoms. The van der Waals surface area contributed by atoms with Crippen molar-refractivity contribution < 1.29 is 50.7 Å². The number of Topliss-reactive ketones (excluding diaryl/α,β-unsaturated/α-hetero) is 1. The molecule has 2 atom stereocenters. The number of hydrogen-bond acceptors (Lipinski definition) is 6. The maximum atomic E-state index is 13.7. The molecule has 1 aromatic rings. The lowest BCUT2D eigenvalue weighted by atomic mass is 9.91. The highest BCUT2D eigenvalue weighted by atomic mass is 19.4. The zero-order valence-corrected chi connectivity index (χ0v) is 25.6. The Morgan fingerprint density at radius 3 is 1.76 bits per heavy atom. The van der Waals surface area contributed by atoms with E-state index in [4.69, 9.17) is 4.74 Å². The van der Waals surface area contributed by atoms with E-state index in [1.165, 1.54) is 43.0 Å². The van der Waals surface area contributed by atoms with Crippen LogP contribution in [-0.2, 0) is 19.1 Å². The highest BCUT2D eigenvalue weighted by Gasteiger charge is 2.64. The predicted molar refractivity (Wildman–Crippen MR) is 151 cm³/mol. The first kappa shape index (κ1) is 35.9. The fourth-order valence-electron chi connectivity index (χ4n) is 5.15. The van der Waals surface area contributed by atoms with Gasteiger partial charge in [0.2, 0.25) is 17.6 Å². The Morgan fingerprint density at radius 1 is 0.756 bits per heavy atom. The summed E-state index contributed by atoms with van der Waals surface area (Å²) in [6, 6.07) is 3.09. The summed E-state index contributed by atoms with van der Waals surface area (Å²) in [6.07, 6.45) is -5.95. The molecular weight excluding hydrogens is 607 g/mol. The fourth-order valence-corrected chi connectivity index (χ4v) is 5.15. The van der Waals surface area contributed by atoms with Gasteiger partial charge in [-0.05, 0) is 48.9 Å². The summed E-state index contributed by atoms with van der Waals surface area (Å²) >= 11 is 0. The van der Waals surface area contributed by atoms with Crippen LogP contribution in [0.4, 0.5) is 22.0 Å². The van der Waals surface area contributed by atoms with Gasteiger partial charge in [-0.3, -0.25) is 24.0 Å². The Labute approximate surface area is 258 Å². The molecule has 2 aliphatic rings. The molecule has 3 rings (SSSR count).